The molecule has 5 heteroatoms. The monoisotopic (exact) mass is 396 g/mol. The van der Waals surface area contributed by atoms with E-state index in [1.807, 2.05) is 30.3 Å². The van der Waals surface area contributed by atoms with Gasteiger partial charge >= 0.3 is 0 Å². The molecule has 0 aliphatic heterocycles. The lowest BCUT2D eigenvalue weighted by molar-refractivity contribution is 0.0953. The minimum absolute atomic E-state index is 0.0334. The second-order valence-corrected chi connectivity index (χ2v) is 6.94. The van der Waals surface area contributed by atoms with Gasteiger partial charge in [-0.25, -0.2) is 0 Å². The van der Waals surface area contributed by atoms with E-state index in [2.05, 4.69) is 17.2 Å². The predicted molar refractivity (Wildman–Crippen MR) is 119 cm³/mol. The molecule has 2 aromatic carbocycles. The van der Waals surface area contributed by atoms with Crippen LogP contribution in [0.5, 0.6) is 11.5 Å². The van der Waals surface area contributed by atoms with E-state index in [1.165, 1.54) is 32.1 Å². The molecule has 0 unspecified atom stereocenters. The molecule has 0 saturated carbocycles. The van der Waals surface area contributed by atoms with Crippen molar-refractivity contribution in [2.24, 2.45) is 4.99 Å². The highest BCUT2D eigenvalue weighted by Crippen LogP contribution is 2.27. The molecule has 29 heavy (non-hydrogen) atoms. The van der Waals surface area contributed by atoms with Crippen molar-refractivity contribution in [3.63, 3.8) is 0 Å². The number of aliphatic imine (C=N–C) groups is 1. The Hall–Kier alpha value is -2.82. The number of amides is 1. The first kappa shape index (κ1) is 22.5. The summed E-state index contributed by atoms with van der Waals surface area (Å²) in [4.78, 5) is 16.7. The van der Waals surface area contributed by atoms with Crippen LogP contribution in [0.15, 0.2) is 47.5 Å². The number of nitrogens with zero attached hydrogens (tertiary/aromatic N) is 1. The Balaban J connectivity index is 1.83. The summed E-state index contributed by atoms with van der Waals surface area (Å²) in [7, 11) is 3.21. The summed E-state index contributed by atoms with van der Waals surface area (Å²) < 4.78 is 10.5. The average Bonchev–Trinajstić information content (AvgIpc) is 2.77. The van der Waals surface area contributed by atoms with Crippen LogP contribution < -0.4 is 14.8 Å². The van der Waals surface area contributed by atoms with Crippen molar-refractivity contribution in [1.82, 2.24) is 5.32 Å². The second kappa shape index (κ2) is 12.6. The van der Waals surface area contributed by atoms with E-state index in [0.717, 1.165) is 24.2 Å². The van der Waals surface area contributed by atoms with E-state index in [9.17, 15) is 4.79 Å². The van der Waals surface area contributed by atoms with Crippen LogP contribution in [0.2, 0.25) is 0 Å². The third-order valence-corrected chi connectivity index (χ3v) is 4.72. The quantitative estimate of drug-likeness (QED) is 0.378. The number of ether oxygens (including phenoxy) is 2. The van der Waals surface area contributed by atoms with Gasteiger partial charge in [-0.2, -0.15) is 0 Å². The molecule has 2 aromatic rings. The van der Waals surface area contributed by atoms with Crippen LogP contribution in [0.4, 0.5) is 5.69 Å². The molecule has 1 amide bonds. The van der Waals surface area contributed by atoms with Gasteiger partial charge in [0.15, 0.2) is 11.5 Å². The zero-order valence-corrected chi connectivity index (χ0v) is 17.7. The second-order valence-electron chi connectivity index (χ2n) is 6.94. The minimum Gasteiger partial charge on any atom is -0.493 e. The Bertz CT molecular complexity index is 785. The standard InChI is InChI=1S/C24H32N2O3/c1-4-5-6-7-8-9-16-25-24(27)20-11-13-21(14-12-20)26-18-19-10-15-22(28-2)23(17-19)29-3/h10-15,17-18H,4-9,16H2,1-3H3,(H,25,27). The first-order chi connectivity index (χ1) is 14.2. The van der Waals surface area contributed by atoms with Crippen LogP contribution in [-0.4, -0.2) is 32.9 Å². The molecule has 0 aliphatic carbocycles. The molecule has 0 aromatic heterocycles. The molecule has 5 nitrogen and oxygen atoms in total. The van der Waals surface area contributed by atoms with Gasteiger partial charge in [0.2, 0.25) is 0 Å². The van der Waals surface area contributed by atoms with E-state index < -0.39 is 0 Å². The highest BCUT2D eigenvalue weighted by atomic mass is 16.5. The fraction of sp³-hybridized carbons (Fsp3) is 0.417. The number of hydrogen-bond donors (Lipinski definition) is 1. The summed E-state index contributed by atoms with van der Waals surface area (Å²) in [5.74, 6) is 1.31. The molecule has 0 fully saturated rings. The Morgan fingerprint density at radius 3 is 2.31 bits per heavy atom. The van der Waals surface area contributed by atoms with Gasteiger partial charge < -0.3 is 14.8 Å². The number of carbonyl (C=O) groups excluding carboxylic acids is 1. The Morgan fingerprint density at radius 2 is 1.62 bits per heavy atom. The molecule has 0 saturated heterocycles. The summed E-state index contributed by atoms with van der Waals surface area (Å²) in [6.45, 7) is 2.94. The number of unbranched alkanes of at least 4 members (excludes halogenated alkanes) is 5. The molecule has 0 spiro atoms. The average molecular weight is 397 g/mol. The number of rotatable bonds is 12. The summed E-state index contributed by atoms with van der Waals surface area (Å²) >= 11 is 0. The van der Waals surface area contributed by atoms with Crippen LogP contribution >= 0.6 is 0 Å². The smallest absolute Gasteiger partial charge is 0.251 e. The van der Waals surface area contributed by atoms with Gasteiger partial charge in [0, 0.05) is 18.3 Å². The van der Waals surface area contributed by atoms with Gasteiger partial charge in [0.25, 0.3) is 5.91 Å². The zero-order valence-electron chi connectivity index (χ0n) is 17.7. The highest BCUT2D eigenvalue weighted by Gasteiger charge is 2.05. The molecule has 0 bridgehead atoms. The number of hydrogen-bond acceptors (Lipinski definition) is 4. The van der Waals surface area contributed by atoms with Crippen molar-refractivity contribution in [1.29, 1.82) is 0 Å². The van der Waals surface area contributed by atoms with Gasteiger partial charge in [0.05, 0.1) is 19.9 Å². The molecule has 1 N–H and O–H groups in total. The van der Waals surface area contributed by atoms with Gasteiger partial charge in [-0.05, 0) is 54.4 Å². The van der Waals surface area contributed by atoms with Crippen LogP contribution in [0.25, 0.3) is 0 Å². The van der Waals surface area contributed by atoms with Gasteiger partial charge in [-0.3, -0.25) is 9.79 Å². The SMILES string of the molecule is CCCCCCCCNC(=O)c1ccc(N=Cc2ccc(OC)c(OC)c2)cc1. The molecular weight excluding hydrogens is 364 g/mol. The summed E-state index contributed by atoms with van der Waals surface area (Å²) in [6.07, 6.45) is 9.05. The molecule has 0 atom stereocenters. The fourth-order valence-electron chi connectivity index (χ4n) is 2.99. The van der Waals surface area contributed by atoms with Gasteiger partial charge in [0.1, 0.15) is 0 Å². The zero-order chi connectivity index (χ0) is 20.9. The number of methoxy groups -OCH3 is 2. The highest BCUT2D eigenvalue weighted by molar-refractivity contribution is 5.94. The van der Waals surface area contributed by atoms with Crippen LogP contribution in [0.1, 0.15) is 61.4 Å². The molecule has 0 aliphatic rings. The summed E-state index contributed by atoms with van der Waals surface area (Å²) in [5.41, 5.74) is 2.34. The maximum Gasteiger partial charge on any atom is 0.251 e. The fourth-order valence-corrected chi connectivity index (χ4v) is 2.99. The van der Waals surface area contributed by atoms with Crippen molar-refractivity contribution in [3.05, 3.63) is 53.6 Å². The van der Waals surface area contributed by atoms with Crippen LogP contribution in [-0.2, 0) is 0 Å². The molecule has 0 heterocycles. The molecule has 156 valence electrons. The predicted octanol–water partition coefficient (Wildman–Crippen LogP) is 5.54. The molecular formula is C24H32N2O3. The lowest BCUT2D eigenvalue weighted by atomic mass is 10.1. The van der Waals surface area contributed by atoms with E-state index in [0.29, 0.717) is 17.1 Å². The molecule has 0 radical (unpaired) electrons. The maximum atomic E-state index is 12.2. The third kappa shape index (κ3) is 7.60. The Morgan fingerprint density at radius 1 is 0.931 bits per heavy atom. The lowest BCUT2D eigenvalue weighted by Crippen LogP contribution is -2.24. The van der Waals surface area contributed by atoms with E-state index in [1.54, 1.807) is 32.6 Å². The normalized spacial score (nSPS) is 10.9. The maximum absolute atomic E-state index is 12.2. The van der Waals surface area contributed by atoms with Crippen LogP contribution in [0.3, 0.4) is 0 Å². The van der Waals surface area contributed by atoms with Crippen molar-refractivity contribution >= 4 is 17.8 Å². The minimum atomic E-state index is -0.0334. The Labute approximate surface area is 174 Å². The number of nitrogens with one attached hydrogen (secondary N) is 1. The van der Waals surface area contributed by atoms with E-state index in [4.69, 9.17) is 9.47 Å². The lowest BCUT2D eigenvalue weighted by Gasteiger charge is -2.07. The first-order valence-corrected chi connectivity index (χ1v) is 10.3. The van der Waals surface area contributed by atoms with Crippen molar-refractivity contribution in [3.8, 4) is 11.5 Å². The first-order valence-electron chi connectivity index (χ1n) is 10.3. The van der Waals surface area contributed by atoms with E-state index in [-0.39, 0.29) is 5.91 Å². The van der Waals surface area contributed by atoms with Crippen LogP contribution in [0, 0.1) is 0 Å². The number of carbonyl (C=O) groups is 1. The van der Waals surface area contributed by atoms with Crippen molar-refractivity contribution < 1.29 is 14.3 Å². The Kier molecular flexibility index (Phi) is 9.76. The summed E-state index contributed by atoms with van der Waals surface area (Å²) in [5, 5.41) is 2.99. The largest absolute Gasteiger partial charge is 0.493 e. The third-order valence-electron chi connectivity index (χ3n) is 4.72. The topological polar surface area (TPSA) is 59.9 Å². The van der Waals surface area contributed by atoms with Crippen molar-refractivity contribution in [2.45, 2.75) is 45.4 Å². The van der Waals surface area contributed by atoms with Gasteiger partial charge in [-0.1, -0.05) is 39.0 Å². The van der Waals surface area contributed by atoms with E-state index >= 15 is 0 Å². The number of benzene rings is 2. The molecule has 2 rings (SSSR count). The summed E-state index contributed by atoms with van der Waals surface area (Å²) in [6, 6.07) is 12.9. The van der Waals surface area contributed by atoms with Crippen molar-refractivity contribution in [2.75, 3.05) is 20.8 Å². The van der Waals surface area contributed by atoms with Gasteiger partial charge in [-0.15, -0.1) is 0 Å².